The van der Waals surface area contributed by atoms with E-state index in [-0.39, 0.29) is 16.7 Å². The van der Waals surface area contributed by atoms with Gasteiger partial charge < -0.3 is 9.80 Å². The fraction of sp³-hybridized carbons (Fsp3) is 0.652. The highest BCUT2D eigenvalue weighted by molar-refractivity contribution is 7.89. The summed E-state index contributed by atoms with van der Waals surface area (Å²) in [5.74, 6) is -0.203. The molecule has 3 aliphatic heterocycles. The topological polar surface area (TPSA) is 78.0 Å². The monoisotopic (exact) mass is 447 g/mol. The SMILES string of the molecule is Cc1ccc(C(=O)N2CCCCC2C(=O)N2CCCC2)cc1S(=O)(=O)N1CCCCC1. The van der Waals surface area contributed by atoms with E-state index in [2.05, 4.69) is 0 Å². The van der Waals surface area contributed by atoms with Crippen LogP contribution in [0.15, 0.2) is 23.1 Å². The quantitative estimate of drug-likeness (QED) is 0.711. The molecule has 7 nitrogen and oxygen atoms in total. The van der Waals surface area contributed by atoms with Gasteiger partial charge in [0.25, 0.3) is 5.91 Å². The van der Waals surface area contributed by atoms with Gasteiger partial charge in [-0.2, -0.15) is 4.31 Å². The van der Waals surface area contributed by atoms with Gasteiger partial charge in [-0.3, -0.25) is 9.59 Å². The van der Waals surface area contributed by atoms with Crippen LogP contribution in [-0.4, -0.2) is 73.1 Å². The number of rotatable bonds is 4. The van der Waals surface area contributed by atoms with Crippen LogP contribution in [0.25, 0.3) is 0 Å². The average Bonchev–Trinajstić information content (AvgIpc) is 3.34. The summed E-state index contributed by atoms with van der Waals surface area (Å²) in [5.41, 5.74) is 0.993. The van der Waals surface area contributed by atoms with E-state index in [1.807, 2.05) is 4.90 Å². The van der Waals surface area contributed by atoms with Crippen molar-refractivity contribution in [3.05, 3.63) is 29.3 Å². The minimum Gasteiger partial charge on any atom is -0.341 e. The Morgan fingerprint density at radius 2 is 1.52 bits per heavy atom. The van der Waals surface area contributed by atoms with Crippen LogP contribution in [-0.2, 0) is 14.8 Å². The molecule has 3 saturated heterocycles. The standard InChI is InChI=1S/C23H33N3O4S/c1-18-10-11-19(17-21(18)31(29,30)25-14-4-2-5-15-25)22(27)26-16-6-3-9-20(26)23(28)24-12-7-8-13-24/h10-11,17,20H,2-9,12-16H2,1H3. The first-order chi connectivity index (χ1) is 14.9. The number of carbonyl (C=O) groups is 2. The van der Waals surface area contributed by atoms with E-state index in [9.17, 15) is 18.0 Å². The molecular weight excluding hydrogens is 414 g/mol. The maximum Gasteiger partial charge on any atom is 0.254 e. The Kier molecular flexibility index (Phi) is 6.67. The summed E-state index contributed by atoms with van der Waals surface area (Å²) in [6.45, 7) is 4.88. The lowest BCUT2D eigenvalue weighted by atomic mass is 9.99. The molecule has 1 unspecified atom stereocenters. The fourth-order valence-corrected chi connectivity index (χ4v) is 6.77. The molecule has 170 valence electrons. The number of amides is 2. The Labute approximate surface area is 185 Å². The van der Waals surface area contributed by atoms with Crippen molar-refractivity contribution in [2.75, 3.05) is 32.7 Å². The summed E-state index contributed by atoms with van der Waals surface area (Å²) >= 11 is 0. The molecule has 4 rings (SSSR count). The summed E-state index contributed by atoms with van der Waals surface area (Å²) in [7, 11) is -3.63. The van der Waals surface area contributed by atoms with E-state index >= 15 is 0 Å². The molecule has 31 heavy (non-hydrogen) atoms. The zero-order chi connectivity index (χ0) is 22.0. The zero-order valence-corrected chi connectivity index (χ0v) is 19.2. The van der Waals surface area contributed by atoms with Crippen molar-refractivity contribution in [2.24, 2.45) is 0 Å². The fourth-order valence-electron chi connectivity index (χ4n) is 5.00. The first kappa shape index (κ1) is 22.3. The van der Waals surface area contributed by atoms with Gasteiger partial charge in [0.15, 0.2) is 0 Å². The molecule has 0 aromatic heterocycles. The maximum atomic E-state index is 13.4. The normalized spacial score (nSPS) is 23.2. The van der Waals surface area contributed by atoms with Crippen molar-refractivity contribution in [1.29, 1.82) is 0 Å². The van der Waals surface area contributed by atoms with Gasteiger partial charge in [-0.05, 0) is 69.6 Å². The summed E-state index contributed by atoms with van der Waals surface area (Å²) in [6.07, 6.45) is 7.27. The zero-order valence-electron chi connectivity index (χ0n) is 18.4. The van der Waals surface area contributed by atoms with Gasteiger partial charge in [-0.1, -0.05) is 12.5 Å². The number of hydrogen-bond donors (Lipinski definition) is 0. The van der Waals surface area contributed by atoms with Crippen LogP contribution in [0, 0.1) is 6.92 Å². The van der Waals surface area contributed by atoms with Crippen LogP contribution in [0.5, 0.6) is 0 Å². The largest absolute Gasteiger partial charge is 0.341 e. The number of carbonyl (C=O) groups excluding carboxylic acids is 2. The second-order valence-electron chi connectivity index (χ2n) is 8.99. The second-order valence-corrected chi connectivity index (χ2v) is 10.9. The van der Waals surface area contributed by atoms with Crippen LogP contribution in [0.4, 0.5) is 0 Å². The number of aryl methyl sites for hydroxylation is 1. The molecule has 2 amide bonds. The van der Waals surface area contributed by atoms with Gasteiger partial charge in [0.2, 0.25) is 15.9 Å². The minimum absolute atomic E-state index is 0.0406. The molecule has 0 bridgehead atoms. The van der Waals surface area contributed by atoms with Crippen molar-refractivity contribution in [2.45, 2.75) is 69.2 Å². The van der Waals surface area contributed by atoms with Crippen molar-refractivity contribution in [1.82, 2.24) is 14.1 Å². The van der Waals surface area contributed by atoms with E-state index < -0.39 is 16.1 Å². The molecule has 1 atom stereocenters. The molecule has 3 heterocycles. The van der Waals surface area contributed by atoms with Crippen LogP contribution >= 0.6 is 0 Å². The summed E-state index contributed by atoms with van der Waals surface area (Å²) < 4.78 is 28.0. The van der Waals surface area contributed by atoms with Gasteiger partial charge in [0.05, 0.1) is 4.90 Å². The molecule has 1 aromatic rings. The highest BCUT2D eigenvalue weighted by atomic mass is 32.2. The molecule has 8 heteroatoms. The third kappa shape index (κ3) is 4.51. The molecule has 3 fully saturated rings. The highest BCUT2D eigenvalue weighted by Crippen LogP contribution is 2.27. The van der Waals surface area contributed by atoms with Crippen LogP contribution in [0.1, 0.15) is 67.3 Å². The maximum absolute atomic E-state index is 13.4. The lowest BCUT2D eigenvalue weighted by Crippen LogP contribution is -2.52. The van der Waals surface area contributed by atoms with Crippen molar-refractivity contribution in [3.8, 4) is 0 Å². The number of piperidine rings is 2. The molecule has 0 saturated carbocycles. The Bertz CT molecular complexity index is 934. The van der Waals surface area contributed by atoms with Crippen molar-refractivity contribution >= 4 is 21.8 Å². The van der Waals surface area contributed by atoms with E-state index in [4.69, 9.17) is 0 Å². The molecule has 3 aliphatic rings. The third-order valence-corrected chi connectivity index (χ3v) is 8.88. The predicted octanol–water partition coefficient (Wildman–Crippen LogP) is 2.79. The minimum atomic E-state index is -3.63. The van der Waals surface area contributed by atoms with Crippen LogP contribution in [0.3, 0.4) is 0 Å². The van der Waals surface area contributed by atoms with Gasteiger partial charge in [0, 0.05) is 38.3 Å². The lowest BCUT2D eigenvalue weighted by Gasteiger charge is -2.37. The Balaban J connectivity index is 1.60. The number of hydrogen-bond acceptors (Lipinski definition) is 4. The molecule has 0 radical (unpaired) electrons. The molecule has 0 aliphatic carbocycles. The number of likely N-dealkylation sites (tertiary alicyclic amines) is 2. The van der Waals surface area contributed by atoms with E-state index in [0.29, 0.717) is 37.2 Å². The third-order valence-electron chi connectivity index (χ3n) is 6.83. The van der Waals surface area contributed by atoms with Crippen molar-refractivity contribution < 1.29 is 18.0 Å². The van der Waals surface area contributed by atoms with Gasteiger partial charge in [-0.25, -0.2) is 8.42 Å². The van der Waals surface area contributed by atoms with Gasteiger partial charge in [-0.15, -0.1) is 0 Å². The van der Waals surface area contributed by atoms with Gasteiger partial charge >= 0.3 is 0 Å². The molecule has 0 spiro atoms. The van der Waals surface area contributed by atoms with Crippen LogP contribution < -0.4 is 0 Å². The Hall–Kier alpha value is -1.93. The van der Waals surface area contributed by atoms with E-state index in [0.717, 1.165) is 58.0 Å². The smallest absolute Gasteiger partial charge is 0.254 e. The van der Waals surface area contributed by atoms with E-state index in [1.54, 1.807) is 24.0 Å². The number of benzene rings is 1. The first-order valence-corrected chi connectivity index (χ1v) is 13.0. The summed E-state index contributed by atoms with van der Waals surface area (Å²) in [4.78, 5) is 30.3. The Morgan fingerprint density at radius 3 is 2.23 bits per heavy atom. The summed E-state index contributed by atoms with van der Waals surface area (Å²) in [5, 5.41) is 0. The number of sulfonamides is 1. The van der Waals surface area contributed by atoms with E-state index in [1.165, 1.54) is 10.4 Å². The van der Waals surface area contributed by atoms with Crippen LogP contribution in [0.2, 0.25) is 0 Å². The van der Waals surface area contributed by atoms with Gasteiger partial charge in [0.1, 0.15) is 6.04 Å². The second kappa shape index (κ2) is 9.28. The molecule has 1 aromatic carbocycles. The number of nitrogens with zero attached hydrogens (tertiary/aromatic N) is 3. The molecular formula is C23H33N3O4S. The highest BCUT2D eigenvalue weighted by Gasteiger charge is 2.36. The Morgan fingerprint density at radius 1 is 0.871 bits per heavy atom. The summed E-state index contributed by atoms with van der Waals surface area (Å²) in [6, 6.07) is 4.49. The van der Waals surface area contributed by atoms with Crippen molar-refractivity contribution in [3.63, 3.8) is 0 Å². The lowest BCUT2D eigenvalue weighted by molar-refractivity contribution is -0.136. The first-order valence-electron chi connectivity index (χ1n) is 11.6. The molecule has 0 N–H and O–H groups in total. The average molecular weight is 448 g/mol. The predicted molar refractivity (Wildman–Crippen MR) is 118 cm³/mol.